The quantitative estimate of drug-likeness (QED) is 0.367. The minimum Gasteiger partial charge on any atom is -0.202 e. The summed E-state index contributed by atoms with van der Waals surface area (Å²) in [6.07, 6.45) is 0. The van der Waals surface area contributed by atoms with Crippen molar-refractivity contribution in [2.45, 2.75) is 0 Å². The summed E-state index contributed by atoms with van der Waals surface area (Å²) in [4.78, 5) is 4.80. The van der Waals surface area contributed by atoms with Crippen molar-refractivity contribution in [1.29, 1.82) is 0 Å². The van der Waals surface area contributed by atoms with Crippen molar-refractivity contribution in [3.63, 3.8) is 0 Å². The van der Waals surface area contributed by atoms with E-state index in [9.17, 15) is 8.78 Å². The second-order valence-electron chi connectivity index (χ2n) is 1.93. The van der Waals surface area contributed by atoms with Gasteiger partial charge in [0, 0.05) is 4.91 Å². The number of rotatable bonds is 1. The first-order valence-electron chi connectivity index (χ1n) is 2.90. The van der Waals surface area contributed by atoms with Crippen molar-refractivity contribution in [2.24, 2.45) is 5.11 Å². The Hall–Kier alpha value is -2.08. The average molecular weight is 182 g/mol. The number of hydrogen-bond acceptors (Lipinski definition) is 2. The van der Waals surface area contributed by atoms with E-state index in [1.807, 2.05) is 0 Å². The molecule has 4 radical (unpaired) electrons. The maximum atomic E-state index is 12.7. The fourth-order valence-corrected chi connectivity index (χ4v) is 0.639. The highest BCUT2D eigenvalue weighted by molar-refractivity contribution is 5.54. The highest BCUT2D eigenvalue weighted by Gasteiger charge is 2.17. The molecule has 13 heavy (non-hydrogen) atoms. The van der Waals surface area contributed by atoms with E-state index in [2.05, 4.69) is 15.0 Å². The van der Waals surface area contributed by atoms with Crippen LogP contribution in [0.2, 0.25) is 0 Å². The first-order chi connectivity index (χ1) is 6.07. The molecule has 0 atom stereocenters. The van der Waals surface area contributed by atoms with Crippen LogP contribution in [0.15, 0.2) is 5.11 Å². The zero-order valence-corrected chi connectivity index (χ0v) is 5.94. The zero-order chi connectivity index (χ0) is 10.0. The van der Waals surface area contributed by atoms with Crippen LogP contribution in [0.1, 0.15) is 0 Å². The third kappa shape index (κ3) is 1.42. The Morgan fingerprint density at radius 3 is 2.08 bits per heavy atom. The Kier molecular flexibility index (Phi) is 2.16. The van der Waals surface area contributed by atoms with Gasteiger partial charge in [0.05, 0.1) is 0 Å². The fourth-order valence-electron chi connectivity index (χ4n) is 0.639. The molecule has 0 aromatic carbocycles. The lowest BCUT2D eigenvalue weighted by Gasteiger charge is -1.99. The molecule has 0 N–H and O–H groups in total. The standard InChI is InChI=1S/C5F2N6/c6-1-3(12-13-10)2(7)5(9)11-4(1)8. The molecular weight excluding hydrogens is 182 g/mol. The lowest BCUT2D eigenvalue weighted by atomic mass is 10.3. The van der Waals surface area contributed by atoms with Gasteiger partial charge >= 0.3 is 0 Å². The van der Waals surface area contributed by atoms with Gasteiger partial charge in [0.2, 0.25) is 11.6 Å². The topological polar surface area (TPSA) is 106 Å². The Morgan fingerprint density at radius 2 is 1.69 bits per heavy atom. The van der Waals surface area contributed by atoms with Crippen molar-refractivity contribution < 1.29 is 8.78 Å². The molecule has 0 unspecified atom stereocenters. The maximum Gasteiger partial charge on any atom is 0.213 e. The molecule has 0 amide bonds. The molecule has 0 bridgehead atoms. The van der Waals surface area contributed by atoms with Crippen LogP contribution < -0.4 is 11.5 Å². The zero-order valence-electron chi connectivity index (χ0n) is 5.94. The van der Waals surface area contributed by atoms with Crippen LogP contribution in [0.5, 0.6) is 0 Å². The van der Waals surface area contributed by atoms with Gasteiger partial charge in [-0.1, -0.05) is 5.11 Å². The van der Waals surface area contributed by atoms with Gasteiger partial charge in [0.25, 0.3) is 0 Å². The summed E-state index contributed by atoms with van der Waals surface area (Å²) in [6.45, 7) is 0. The first-order valence-corrected chi connectivity index (χ1v) is 2.90. The lowest BCUT2D eigenvalue weighted by Crippen LogP contribution is -1.92. The summed E-state index contributed by atoms with van der Waals surface area (Å²) >= 11 is 0. The minimum absolute atomic E-state index is 1.12. The average Bonchev–Trinajstić information content (AvgIpc) is 2.09. The summed E-state index contributed by atoms with van der Waals surface area (Å²) in [5, 5.41) is 2.60. The number of nitrogens with zero attached hydrogens (tertiary/aromatic N) is 6. The highest BCUT2D eigenvalue weighted by atomic mass is 19.1. The Labute approximate surface area is 70.8 Å². The summed E-state index contributed by atoms with van der Waals surface area (Å²) in [5.74, 6) is -5.51. The van der Waals surface area contributed by atoms with E-state index in [1.54, 1.807) is 0 Å². The van der Waals surface area contributed by atoms with E-state index in [0.717, 1.165) is 0 Å². The molecule has 1 rings (SSSR count). The molecule has 0 aliphatic heterocycles. The summed E-state index contributed by atoms with van der Waals surface area (Å²) in [5.41, 5.74) is 24.0. The molecule has 0 saturated heterocycles. The molecule has 1 heterocycles. The van der Waals surface area contributed by atoms with Gasteiger partial charge in [-0.2, -0.15) is 0 Å². The van der Waals surface area contributed by atoms with E-state index < -0.39 is 29.0 Å². The molecule has 0 aliphatic rings. The number of halogens is 2. The Morgan fingerprint density at radius 1 is 1.23 bits per heavy atom. The van der Waals surface area contributed by atoms with Crippen molar-refractivity contribution in [1.82, 2.24) is 16.5 Å². The highest BCUT2D eigenvalue weighted by Crippen LogP contribution is 2.29. The van der Waals surface area contributed by atoms with Gasteiger partial charge in [0.15, 0.2) is 11.6 Å². The molecule has 1 aromatic rings. The molecule has 0 saturated carbocycles. The molecule has 8 heteroatoms. The summed E-state index contributed by atoms with van der Waals surface area (Å²) in [6, 6.07) is 0. The van der Waals surface area contributed by atoms with Crippen molar-refractivity contribution in [3.8, 4) is 0 Å². The van der Waals surface area contributed by atoms with Crippen LogP contribution >= 0.6 is 0 Å². The smallest absolute Gasteiger partial charge is 0.202 e. The number of hydrogen-bond donors (Lipinski definition) is 0. The van der Waals surface area contributed by atoms with E-state index in [4.69, 9.17) is 17.0 Å². The van der Waals surface area contributed by atoms with Gasteiger partial charge in [-0.15, -0.1) is 11.5 Å². The lowest BCUT2D eigenvalue weighted by molar-refractivity contribution is 0.579. The predicted molar refractivity (Wildman–Crippen MR) is 36.5 cm³/mol. The van der Waals surface area contributed by atoms with Crippen LogP contribution in [0.4, 0.5) is 26.1 Å². The van der Waals surface area contributed by atoms with Gasteiger partial charge in [-0.3, -0.25) is 0 Å². The molecule has 1 aromatic heterocycles. The number of pyridine rings is 1. The number of azide groups is 1. The monoisotopic (exact) mass is 182 g/mol. The third-order valence-corrected chi connectivity index (χ3v) is 1.16. The van der Waals surface area contributed by atoms with Crippen LogP contribution in [-0.4, -0.2) is 4.98 Å². The SMILES string of the molecule is [N]c1nc([N])c(F)c(N=[N+]=[N-])c1F. The van der Waals surface area contributed by atoms with Gasteiger partial charge < -0.3 is 0 Å². The first kappa shape index (κ1) is 9.01. The molecule has 0 spiro atoms. The summed E-state index contributed by atoms with van der Waals surface area (Å²) < 4.78 is 25.4. The van der Waals surface area contributed by atoms with Crippen molar-refractivity contribution >= 4 is 17.3 Å². The predicted octanol–water partition coefficient (Wildman–Crippen LogP) is 1.70. The molecule has 6 nitrogen and oxygen atoms in total. The maximum absolute atomic E-state index is 12.7. The molecular formula is C5F2N6. The normalized spacial score (nSPS) is 9.38. The molecule has 0 aliphatic carbocycles. The van der Waals surface area contributed by atoms with Crippen LogP contribution in [0.25, 0.3) is 10.4 Å². The van der Waals surface area contributed by atoms with Crippen LogP contribution in [0.3, 0.4) is 0 Å². The minimum atomic E-state index is -1.52. The van der Waals surface area contributed by atoms with E-state index in [1.165, 1.54) is 0 Å². The summed E-state index contributed by atoms with van der Waals surface area (Å²) in [7, 11) is 0. The largest absolute Gasteiger partial charge is 0.213 e. The van der Waals surface area contributed by atoms with Gasteiger partial charge in [0.1, 0.15) is 5.69 Å². The Bertz CT molecular complexity index is 370. The van der Waals surface area contributed by atoms with E-state index >= 15 is 0 Å². The van der Waals surface area contributed by atoms with E-state index in [0.29, 0.717) is 0 Å². The van der Waals surface area contributed by atoms with Gasteiger partial charge in [-0.25, -0.2) is 13.8 Å². The van der Waals surface area contributed by atoms with E-state index in [-0.39, 0.29) is 0 Å². The fraction of sp³-hybridized carbons (Fsp3) is 0. The second-order valence-corrected chi connectivity index (χ2v) is 1.93. The van der Waals surface area contributed by atoms with Crippen LogP contribution in [-0.2, 0) is 0 Å². The van der Waals surface area contributed by atoms with Crippen molar-refractivity contribution in [2.75, 3.05) is 0 Å². The Balaban J connectivity index is 3.55. The van der Waals surface area contributed by atoms with Crippen molar-refractivity contribution in [3.05, 3.63) is 22.1 Å². The number of aromatic nitrogens is 1. The van der Waals surface area contributed by atoms with Crippen LogP contribution in [0, 0.1) is 11.6 Å². The second kappa shape index (κ2) is 3.11. The molecule has 0 fully saturated rings. The van der Waals surface area contributed by atoms with Gasteiger partial charge in [-0.05, 0) is 5.53 Å². The molecule has 64 valence electrons. The third-order valence-electron chi connectivity index (χ3n) is 1.16.